The molecule has 2 saturated heterocycles. The molecule has 2 aliphatic rings. The number of amides is 2. The van der Waals surface area contributed by atoms with E-state index in [1.807, 2.05) is 0 Å². The molecular formula is C25H24ClF2N5O5. The summed E-state index contributed by atoms with van der Waals surface area (Å²) in [6.45, 7) is 5.84. The molecule has 2 fully saturated rings. The normalized spacial score (nSPS) is 16.4. The van der Waals surface area contributed by atoms with Crippen molar-refractivity contribution in [3.8, 4) is 5.75 Å². The zero-order valence-corrected chi connectivity index (χ0v) is 21.7. The van der Waals surface area contributed by atoms with Crippen molar-refractivity contribution in [3.05, 3.63) is 47.2 Å². The highest BCUT2D eigenvalue weighted by Crippen LogP contribution is 2.41. The van der Waals surface area contributed by atoms with Crippen LogP contribution in [0.5, 0.6) is 5.75 Å². The van der Waals surface area contributed by atoms with Crippen molar-refractivity contribution in [2.45, 2.75) is 32.0 Å². The first-order valence-corrected chi connectivity index (χ1v) is 12.0. The highest BCUT2D eigenvalue weighted by Gasteiger charge is 2.56. The SMILES string of the molecule is COc1cc2ncnc(Nc3ccc(F)c(Cl)c3F)c2cc1N1CC2(CN(C(=O)OC(C)(C)C)C2)OC1=O. The van der Waals surface area contributed by atoms with Gasteiger partial charge >= 0.3 is 12.2 Å². The Bertz CT molecular complexity index is 1460. The molecule has 1 spiro atoms. The third-order valence-corrected chi connectivity index (χ3v) is 6.44. The van der Waals surface area contributed by atoms with Crippen molar-refractivity contribution < 1.29 is 32.6 Å². The molecule has 3 heterocycles. The summed E-state index contributed by atoms with van der Waals surface area (Å²) < 4.78 is 44.8. The van der Waals surface area contributed by atoms with Crippen LogP contribution in [0, 0.1) is 11.6 Å². The minimum absolute atomic E-state index is 0.0926. The molecule has 5 rings (SSSR count). The summed E-state index contributed by atoms with van der Waals surface area (Å²) in [6.07, 6.45) is 0.169. The van der Waals surface area contributed by atoms with Crippen LogP contribution in [0.1, 0.15) is 20.8 Å². The second kappa shape index (κ2) is 9.12. The van der Waals surface area contributed by atoms with Gasteiger partial charge in [0.25, 0.3) is 0 Å². The molecular weight excluding hydrogens is 524 g/mol. The predicted molar refractivity (Wildman–Crippen MR) is 135 cm³/mol. The number of carbonyl (C=O) groups excluding carboxylic acids is 2. The Morgan fingerprint density at radius 3 is 2.61 bits per heavy atom. The van der Waals surface area contributed by atoms with Gasteiger partial charge in [-0.15, -0.1) is 0 Å². The number of methoxy groups -OCH3 is 1. The summed E-state index contributed by atoms with van der Waals surface area (Å²) in [5.41, 5.74) is -0.820. The number of anilines is 3. The fourth-order valence-corrected chi connectivity index (χ4v) is 4.54. The average Bonchev–Trinajstić information content (AvgIpc) is 3.19. The molecule has 0 bridgehead atoms. The van der Waals surface area contributed by atoms with Gasteiger partial charge in [0.1, 0.15) is 34.3 Å². The van der Waals surface area contributed by atoms with Gasteiger partial charge in [-0.25, -0.2) is 28.3 Å². The lowest BCUT2D eigenvalue weighted by Gasteiger charge is -2.45. The van der Waals surface area contributed by atoms with Crippen LogP contribution in [0.15, 0.2) is 30.6 Å². The Morgan fingerprint density at radius 2 is 1.92 bits per heavy atom. The molecule has 3 aromatic rings. The van der Waals surface area contributed by atoms with E-state index in [2.05, 4.69) is 15.3 Å². The van der Waals surface area contributed by atoms with Crippen molar-refractivity contribution in [1.29, 1.82) is 0 Å². The Morgan fingerprint density at radius 1 is 1.18 bits per heavy atom. The second-order valence-electron chi connectivity index (χ2n) is 10.1. The molecule has 200 valence electrons. The summed E-state index contributed by atoms with van der Waals surface area (Å²) in [4.78, 5) is 36.6. The van der Waals surface area contributed by atoms with Gasteiger partial charge in [-0.1, -0.05) is 11.6 Å². The largest absolute Gasteiger partial charge is 0.494 e. The lowest BCUT2D eigenvalue weighted by Crippen LogP contribution is -2.66. The molecule has 0 atom stereocenters. The number of hydrogen-bond acceptors (Lipinski definition) is 8. The fraction of sp³-hybridized carbons (Fsp3) is 0.360. The van der Waals surface area contributed by atoms with E-state index >= 15 is 0 Å². The number of hydrogen-bond donors (Lipinski definition) is 1. The average molecular weight is 548 g/mol. The molecule has 1 aromatic heterocycles. The second-order valence-corrected chi connectivity index (χ2v) is 10.5. The van der Waals surface area contributed by atoms with Crippen molar-refractivity contribution in [2.24, 2.45) is 0 Å². The number of ether oxygens (including phenoxy) is 3. The third kappa shape index (κ3) is 4.60. The van der Waals surface area contributed by atoms with Gasteiger partial charge in [0.15, 0.2) is 11.4 Å². The Hall–Kier alpha value is -3.93. The van der Waals surface area contributed by atoms with Gasteiger partial charge in [-0.2, -0.15) is 0 Å². The van der Waals surface area contributed by atoms with Crippen molar-refractivity contribution in [1.82, 2.24) is 14.9 Å². The number of carbonyl (C=O) groups is 2. The van der Waals surface area contributed by atoms with E-state index in [9.17, 15) is 18.4 Å². The molecule has 0 radical (unpaired) electrons. The number of fused-ring (bicyclic) bond motifs is 1. The van der Waals surface area contributed by atoms with Crippen LogP contribution in [0.25, 0.3) is 10.9 Å². The number of likely N-dealkylation sites (tertiary alicyclic amines) is 1. The number of halogens is 3. The zero-order valence-electron chi connectivity index (χ0n) is 21.0. The van der Waals surface area contributed by atoms with Crippen LogP contribution >= 0.6 is 11.6 Å². The third-order valence-electron chi connectivity index (χ3n) is 6.10. The van der Waals surface area contributed by atoms with E-state index in [1.165, 1.54) is 29.3 Å². The number of nitrogens with one attached hydrogen (secondary N) is 1. The molecule has 13 heteroatoms. The molecule has 38 heavy (non-hydrogen) atoms. The van der Waals surface area contributed by atoms with Crippen molar-refractivity contribution in [2.75, 3.05) is 37.0 Å². The maximum atomic E-state index is 14.5. The summed E-state index contributed by atoms with van der Waals surface area (Å²) in [6, 6.07) is 5.45. The van der Waals surface area contributed by atoms with E-state index < -0.39 is 40.0 Å². The number of benzene rings is 2. The summed E-state index contributed by atoms with van der Waals surface area (Å²) >= 11 is 5.71. The molecule has 0 unspecified atom stereocenters. The number of nitrogens with zero attached hydrogens (tertiary/aromatic N) is 4. The van der Waals surface area contributed by atoms with Gasteiger partial charge in [0, 0.05) is 11.5 Å². The van der Waals surface area contributed by atoms with Crippen LogP contribution in [-0.4, -0.2) is 65.0 Å². The van der Waals surface area contributed by atoms with E-state index in [-0.39, 0.29) is 31.1 Å². The number of aromatic nitrogens is 2. The standard InChI is InChI=1S/C25H24ClF2N5O5/c1-24(2,3)37-22(34)32-9-25(10-32)11-33(23(35)38-25)17-7-13-16(8-18(17)36-4)29-12-30-21(13)31-15-6-5-14(27)19(26)20(15)28/h5-8,12H,9-11H2,1-4H3,(H,29,30,31). The van der Waals surface area contributed by atoms with Crippen LogP contribution in [0.3, 0.4) is 0 Å². The van der Waals surface area contributed by atoms with Gasteiger partial charge in [-0.3, -0.25) is 9.80 Å². The molecule has 2 aromatic carbocycles. The lowest BCUT2D eigenvalue weighted by atomic mass is 9.94. The van der Waals surface area contributed by atoms with Crippen LogP contribution < -0.4 is 15.0 Å². The first kappa shape index (κ1) is 25.7. The van der Waals surface area contributed by atoms with Gasteiger partial charge < -0.3 is 19.5 Å². The smallest absolute Gasteiger partial charge is 0.415 e. The molecule has 0 aliphatic carbocycles. The van der Waals surface area contributed by atoms with E-state index in [1.54, 1.807) is 32.9 Å². The molecule has 0 saturated carbocycles. The van der Waals surface area contributed by atoms with Crippen molar-refractivity contribution in [3.63, 3.8) is 0 Å². The quantitative estimate of drug-likeness (QED) is 0.441. The zero-order chi connectivity index (χ0) is 27.4. The van der Waals surface area contributed by atoms with E-state index in [0.29, 0.717) is 22.3 Å². The molecule has 2 aliphatic heterocycles. The van der Waals surface area contributed by atoms with E-state index in [4.69, 9.17) is 25.8 Å². The summed E-state index contributed by atoms with van der Waals surface area (Å²) in [5.74, 6) is -1.33. The highest BCUT2D eigenvalue weighted by atomic mass is 35.5. The van der Waals surface area contributed by atoms with Crippen LogP contribution in [-0.2, 0) is 9.47 Å². The maximum Gasteiger partial charge on any atom is 0.415 e. The fourth-order valence-electron chi connectivity index (χ4n) is 4.37. The van der Waals surface area contributed by atoms with Gasteiger partial charge in [-0.05, 0) is 39.0 Å². The van der Waals surface area contributed by atoms with Crippen LogP contribution in [0.2, 0.25) is 5.02 Å². The summed E-state index contributed by atoms with van der Waals surface area (Å²) in [5, 5.41) is 2.59. The Labute approximate surface area is 221 Å². The monoisotopic (exact) mass is 547 g/mol. The van der Waals surface area contributed by atoms with Crippen LogP contribution in [0.4, 0.5) is 35.6 Å². The lowest BCUT2D eigenvalue weighted by molar-refractivity contribution is -0.0779. The minimum atomic E-state index is -0.975. The minimum Gasteiger partial charge on any atom is -0.494 e. The number of rotatable bonds is 4. The first-order chi connectivity index (χ1) is 17.9. The Balaban J connectivity index is 1.44. The van der Waals surface area contributed by atoms with Gasteiger partial charge in [0.2, 0.25) is 0 Å². The highest BCUT2D eigenvalue weighted by molar-refractivity contribution is 6.31. The summed E-state index contributed by atoms with van der Waals surface area (Å²) in [7, 11) is 1.45. The Kier molecular flexibility index (Phi) is 6.17. The topological polar surface area (TPSA) is 106 Å². The predicted octanol–water partition coefficient (Wildman–Crippen LogP) is 5.26. The maximum absolute atomic E-state index is 14.5. The molecule has 2 amide bonds. The van der Waals surface area contributed by atoms with E-state index in [0.717, 1.165) is 6.07 Å². The van der Waals surface area contributed by atoms with Gasteiger partial charge in [0.05, 0.1) is 43.6 Å². The molecule has 10 nitrogen and oxygen atoms in total. The van der Waals surface area contributed by atoms with Crippen molar-refractivity contribution >= 4 is 51.9 Å². The molecule has 1 N–H and O–H groups in total. The first-order valence-electron chi connectivity index (χ1n) is 11.6.